The Bertz CT molecular complexity index is 1220. The minimum absolute atomic E-state index is 0.106. The third-order valence-electron chi connectivity index (χ3n) is 5.38. The highest BCUT2D eigenvalue weighted by Gasteiger charge is 2.18. The molecule has 6 nitrogen and oxygen atoms in total. The van der Waals surface area contributed by atoms with Crippen LogP contribution in [0.15, 0.2) is 72.8 Å². The molecule has 0 fully saturated rings. The average molecular weight is 430 g/mol. The zero-order valence-corrected chi connectivity index (χ0v) is 18.5. The van der Waals surface area contributed by atoms with Gasteiger partial charge in [0.15, 0.2) is 0 Å². The van der Waals surface area contributed by atoms with E-state index in [1.807, 2.05) is 91.2 Å². The Morgan fingerprint density at radius 3 is 2.59 bits per heavy atom. The van der Waals surface area contributed by atoms with Crippen molar-refractivity contribution in [2.24, 2.45) is 0 Å². The molecule has 32 heavy (non-hydrogen) atoms. The van der Waals surface area contributed by atoms with Gasteiger partial charge in [0.1, 0.15) is 30.5 Å². The van der Waals surface area contributed by atoms with Crippen molar-refractivity contribution >= 4 is 16.9 Å². The Morgan fingerprint density at radius 2 is 1.81 bits per heavy atom. The number of aromatic nitrogens is 2. The van der Waals surface area contributed by atoms with Gasteiger partial charge in [-0.25, -0.2) is 4.98 Å². The first kappa shape index (κ1) is 21.4. The summed E-state index contributed by atoms with van der Waals surface area (Å²) in [5.41, 5.74) is 3.79. The van der Waals surface area contributed by atoms with E-state index in [2.05, 4.69) is 5.32 Å². The first-order valence-corrected chi connectivity index (χ1v) is 10.6. The van der Waals surface area contributed by atoms with Gasteiger partial charge in [0, 0.05) is 5.56 Å². The standard InChI is InChI=1S/C26H27N3O3/c1-18-13-14-24(31-3)21(15-18)19(2)27-26(30)16-29-23-12-8-7-11-22(23)28-25(29)17-32-20-9-5-4-6-10-20/h4-15,19H,16-17H2,1-3H3,(H,27,30). The van der Waals surface area contributed by atoms with E-state index in [9.17, 15) is 4.79 Å². The van der Waals surface area contributed by atoms with Gasteiger partial charge in [-0.15, -0.1) is 0 Å². The maximum atomic E-state index is 13.0. The molecule has 3 aromatic carbocycles. The summed E-state index contributed by atoms with van der Waals surface area (Å²) in [6.45, 7) is 4.40. The number of methoxy groups -OCH3 is 1. The van der Waals surface area contributed by atoms with Crippen molar-refractivity contribution in [1.82, 2.24) is 14.9 Å². The molecule has 1 aromatic heterocycles. The van der Waals surface area contributed by atoms with Crippen molar-refractivity contribution in [2.75, 3.05) is 7.11 Å². The van der Waals surface area contributed by atoms with Crippen molar-refractivity contribution in [3.63, 3.8) is 0 Å². The number of ether oxygens (including phenoxy) is 2. The average Bonchev–Trinajstić information content (AvgIpc) is 3.15. The van der Waals surface area contributed by atoms with Crippen molar-refractivity contribution in [1.29, 1.82) is 0 Å². The summed E-state index contributed by atoms with van der Waals surface area (Å²) in [7, 11) is 1.64. The Morgan fingerprint density at radius 1 is 1.06 bits per heavy atom. The van der Waals surface area contributed by atoms with Crippen LogP contribution in [0.25, 0.3) is 11.0 Å². The van der Waals surface area contributed by atoms with Gasteiger partial charge in [-0.1, -0.05) is 48.0 Å². The Labute approximate surface area is 187 Å². The minimum Gasteiger partial charge on any atom is -0.496 e. The second kappa shape index (κ2) is 9.56. The van der Waals surface area contributed by atoms with E-state index >= 15 is 0 Å². The number of benzene rings is 3. The number of nitrogens with zero attached hydrogens (tertiary/aromatic N) is 2. The van der Waals surface area contributed by atoms with Gasteiger partial charge >= 0.3 is 0 Å². The molecule has 1 amide bonds. The lowest BCUT2D eigenvalue weighted by molar-refractivity contribution is -0.122. The third kappa shape index (κ3) is 4.75. The van der Waals surface area contributed by atoms with Crippen molar-refractivity contribution in [3.8, 4) is 11.5 Å². The van der Waals surface area contributed by atoms with Crippen LogP contribution in [0.3, 0.4) is 0 Å². The molecule has 1 unspecified atom stereocenters. The molecule has 4 rings (SSSR count). The number of carbonyl (C=O) groups excluding carboxylic acids is 1. The predicted octanol–water partition coefficient (Wildman–Crippen LogP) is 4.81. The number of aryl methyl sites for hydroxylation is 1. The summed E-state index contributed by atoms with van der Waals surface area (Å²) < 4.78 is 13.3. The molecule has 4 aromatic rings. The van der Waals surface area contributed by atoms with Crippen molar-refractivity contribution < 1.29 is 14.3 Å². The topological polar surface area (TPSA) is 65.4 Å². The third-order valence-corrected chi connectivity index (χ3v) is 5.38. The second-order valence-corrected chi connectivity index (χ2v) is 7.74. The number of fused-ring (bicyclic) bond motifs is 1. The highest BCUT2D eigenvalue weighted by atomic mass is 16.5. The molecule has 6 heteroatoms. The number of carbonyl (C=O) groups is 1. The van der Waals surface area contributed by atoms with Gasteiger partial charge in [-0.3, -0.25) is 4.79 Å². The van der Waals surface area contributed by atoms with E-state index in [4.69, 9.17) is 14.5 Å². The lowest BCUT2D eigenvalue weighted by Gasteiger charge is -2.19. The normalized spacial score (nSPS) is 11.8. The molecular formula is C26H27N3O3. The number of nitrogens with one attached hydrogen (secondary N) is 1. The van der Waals surface area contributed by atoms with E-state index in [1.165, 1.54) is 0 Å². The quantitative estimate of drug-likeness (QED) is 0.437. The van der Waals surface area contributed by atoms with E-state index in [-0.39, 0.29) is 25.1 Å². The molecule has 0 radical (unpaired) electrons. The van der Waals surface area contributed by atoms with Crippen LogP contribution in [0.4, 0.5) is 0 Å². The molecule has 164 valence electrons. The highest BCUT2D eigenvalue weighted by molar-refractivity contribution is 5.81. The molecule has 0 saturated heterocycles. The summed E-state index contributed by atoms with van der Waals surface area (Å²) in [6, 6.07) is 23.1. The molecule has 0 saturated carbocycles. The van der Waals surface area contributed by atoms with Gasteiger partial charge in [0.25, 0.3) is 0 Å². The van der Waals surface area contributed by atoms with E-state index in [0.717, 1.165) is 33.7 Å². The van der Waals surface area contributed by atoms with Crippen LogP contribution in [-0.2, 0) is 17.9 Å². The number of rotatable bonds is 8. The van der Waals surface area contributed by atoms with Crippen LogP contribution in [0.5, 0.6) is 11.5 Å². The minimum atomic E-state index is -0.198. The number of imidazole rings is 1. The zero-order chi connectivity index (χ0) is 22.5. The molecule has 1 heterocycles. The van der Waals surface area contributed by atoms with Crippen LogP contribution in [0, 0.1) is 6.92 Å². The summed E-state index contributed by atoms with van der Waals surface area (Å²) in [6.07, 6.45) is 0. The molecule has 1 N–H and O–H groups in total. The first-order valence-electron chi connectivity index (χ1n) is 10.6. The number of hydrogen-bond acceptors (Lipinski definition) is 4. The molecule has 0 aliphatic carbocycles. The molecular weight excluding hydrogens is 402 g/mol. The van der Waals surface area contributed by atoms with Crippen molar-refractivity contribution in [2.45, 2.75) is 33.0 Å². The van der Waals surface area contributed by atoms with Gasteiger partial charge in [-0.2, -0.15) is 0 Å². The molecule has 0 aliphatic rings. The molecule has 0 bridgehead atoms. The lowest BCUT2D eigenvalue weighted by Crippen LogP contribution is -2.31. The number of amides is 1. The summed E-state index contributed by atoms with van der Waals surface area (Å²) in [5.74, 6) is 2.11. The molecule has 1 atom stereocenters. The van der Waals surface area contributed by atoms with E-state index < -0.39 is 0 Å². The largest absolute Gasteiger partial charge is 0.496 e. The maximum Gasteiger partial charge on any atom is 0.240 e. The fraction of sp³-hybridized carbons (Fsp3) is 0.231. The molecule has 0 spiro atoms. The Kier molecular flexibility index (Phi) is 6.40. The van der Waals surface area contributed by atoms with Crippen LogP contribution in [0.1, 0.15) is 29.9 Å². The predicted molar refractivity (Wildman–Crippen MR) is 125 cm³/mol. The Balaban J connectivity index is 1.54. The SMILES string of the molecule is COc1ccc(C)cc1C(C)NC(=O)Cn1c(COc2ccccc2)nc2ccccc21. The van der Waals surface area contributed by atoms with Crippen LogP contribution < -0.4 is 14.8 Å². The monoisotopic (exact) mass is 429 g/mol. The van der Waals surface area contributed by atoms with Crippen LogP contribution in [0.2, 0.25) is 0 Å². The smallest absolute Gasteiger partial charge is 0.240 e. The maximum absolute atomic E-state index is 13.0. The number of hydrogen-bond donors (Lipinski definition) is 1. The first-order chi connectivity index (χ1) is 15.5. The lowest BCUT2D eigenvalue weighted by atomic mass is 10.0. The zero-order valence-electron chi connectivity index (χ0n) is 18.5. The van der Waals surface area contributed by atoms with Gasteiger partial charge in [0.2, 0.25) is 5.91 Å². The van der Waals surface area contributed by atoms with Crippen molar-refractivity contribution in [3.05, 3.63) is 89.7 Å². The fourth-order valence-electron chi connectivity index (χ4n) is 3.78. The van der Waals surface area contributed by atoms with Gasteiger partial charge in [-0.05, 0) is 44.2 Å². The highest BCUT2D eigenvalue weighted by Crippen LogP contribution is 2.26. The van der Waals surface area contributed by atoms with E-state index in [1.54, 1.807) is 7.11 Å². The van der Waals surface area contributed by atoms with Gasteiger partial charge < -0.3 is 19.4 Å². The summed E-state index contributed by atoms with van der Waals surface area (Å²) in [5, 5.41) is 3.09. The molecule has 0 aliphatic heterocycles. The van der Waals surface area contributed by atoms with Gasteiger partial charge in [0.05, 0.1) is 24.2 Å². The fourth-order valence-corrected chi connectivity index (χ4v) is 3.78. The van der Waals surface area contributed by atoms with Crippen LogP contribution >= 0.6 is 0 Å². The summed E-state index contributed by atoms with van der Waals surface area (Å²) in [4.78, 5) is 17.7. The van der Waals surface area contributed by atoms with Crippen LogP contribution in [-0.4, -0.2) is 22.6 Å². The summed E-state index contributed by atoms with van der Waals surface area (Å²) >= 11 is 0. The Hall–Kier alpha value is -3.80. The second-order valence-electron chi connectivity index (χ2n) is 7.74. The number of para-hydroxylation sites is 3. The van der Waals surface area contributed by atoms with E-state index in [0.29, 0.717) is 5.82 Å².